The summed E-state index contributed by atoms with van der Waals surface area (Å²) in [4.78, 5) is 24.9. The number of nitrogens with zero attached hydrogens (tertiary/aromatic N) is 4. The zero-order valence-electron chi connectivity index (χ0n) is 13.1. The summed E-state index contributed by atoms with van der Waals surface area (Å²) in [6.45, 7) is 0.814. The summed E-state index contributed by atoms with van der Waals surface area (Å²) in [6.07, 6.45) is 7.82. The van der Waals surface area contributed by atoms with Gasteiger partial charge in [0.1, 0.15) is 11.7 Å². The number of aromatic nitrogens is 1. The first kappa shape index (κ1) is 13.8. The molecule has 3 aliphatic heterocycles. The molecule has 1 aromatic rings. The molecule has 23 heavy (non-hydrogen) atoms. The first-order chi connectivity index (χ1) is 11.1. The zero-order valence-corrected chi connectivity index (χ0v) is 13.1. The van der Waals surface area contributed by atoms with Crippen molar-refractivity contribution >= 4 is 17.6 Å². The third-order valence-corrected chi connectivity index (χ3v) is 4.15. The second kappa shape index (κ2) is 5.08. The average Bonchev–Trinajstić information content (AvgIpc) is 2.89. The molecule has 4 heterocycles. The van der Waals surface area contributed by atoms with E-state index < -0.39 is 0 Å². The van der Waals surface area contributed by atoms with Gasteiger partial charge in [0.2, 0.25) is 5.91 Å². The highest BCUT2D eigenvalue weighted by Gasteiger charge is 2.32. The smallest absolute Gasteiger partial charge is 0.248 e. The van der Waals surface area contributed by atoms with Gasteiger partial charge in [-0.25, -0.2) is 9.98 Å². The van der Waals surface area contributed by atoms with Crippen molar-refractivity contribution < 1.29 is 4.79 Å². The second-order valence-corrected chi connectivity index (χ2v) is 5.89. The lowest BCUT2D eigenvalue weighted by Crippen LogP contribution is -2.31. The maximum Gasteiger partial charge on any atom is 0.248 e. The van der Waals surface area contributed by atoms with Gasteiger partial charge in [-0.2, -0.15) is 0 Å². The van der Waals surface area contributed by atoms with E-state index in [1.165, 1.54) is 0 Å². The van der Waals surface area contributed by atoms with Crippen LogP contribution in [0.4, 0.5) is 5.82 Å². The van der Waals surface area contributed by atoms with E-state index in [0.29, 0.717) is 0 Å². The molecule has 0 bridgehead atoms. The SMILES string of the molecule is CN(C)c1cc(C2=NC=C3C=CC(=O)NC4=C3N2CC4)ccn1. The summed E-state index contributed by atoms with van der Waals surface area (Å²) in [7, 11) is 3.93. The molecule has 0 fully saturated rings. The van der Waals surface area contributed by atoms with Crippen molar-refractivity contribution in [2.24, 2.45) is 4.99 Å². The Kier molecular flexibility index (Phi) is 3.04. The Morgan fingerprint density at radius 1 is 1.30 bits per heavy atom. The van der Waals surface area contributed by atoms with Crippen molar-refractivity contribution in [1.82, 2.24) is 15.2 Å². The fourth-order valence-corrected chi connectivity index (χ4v) is 3.05. The van der Waals surface area contributed by atoms with Gasteiger partial charge in [-0.05, 0) is 18.2 Å². The summed E-state index contributed by atoms with van der Waals surface area (Å²) < 4.78 is 0. The van der Waals surface area contributed by atoms with Crippen LogP contribution in [0.5, 0.6) is 0 Å². The van der Waals surface area contributed by atoms with Crippen LogP contribution in [0.3, 0.4) is 0 Å². The van der Waals surface area contributed by atoms with Crippen molar-refractivity contribution in [1.29, 1.82) is 0 Å². The highest BCUT2D eigenvalue weighted by molar-refractivity contribution is 6.03. The van der Waals surface area contributed by atoms with E-state index in [9.17, 15) is 4.79 Å². The number of hydrogen-bond donors (Lipinski definition) is 1. The number of pyridine rings is 1. The van der Waals surface area contributed by atoms with Crippen molar-refractivity contribution in [2.75, 3.05) is 25.5 Å². The van der Waals surface area contributed by atoms with Gasteiger partial charge in [0.25, 0.3) is 0 Å². The summed E-state index contributed by atoms with van der Waals surface area (Å²) in [5.74, 6) is 1.71. The van der Waals surface area contributed by atoms with Crippen LogP contribution in [0.15, 0.2) is 58.6 Å². The van der Waals surface area contributed by atoms with Gasteiger partial charge in [0.15, 0.2) is 0 Å². The Morgan fingerprint density at radius 3 is 3.00 bits per heavy atom. The number of rotatable bonds is 2. The van der Waals surface area contributed by atoms with Gasteiger partial charge >= 0.3 is 0 Å². The summed E-state index contributed by atoms with van der Waals surface area (Å²) >= 11 is 0. The van der Waals surface area contributed by atoms with Crippen molar-refractivity contribution in [3.8, 4) is 0 Å². The molecule has 0 saturated heterocycles. The van der Waals surface area contributed by atoms with Crippen LogP contribution in [0.2, 0.25) is 0 Å². The Balaban J connectivity index is 1.80. The number of anilines is 1. The molecule has 1 N–H and O–H groups in total. The number of aliphatic imine (C=N–C) groups is 1. The van der Waals surface area contributed by atoms with Crippen LogP contribution < -0.4 is 10.2 Å². The summed E-state index contributed by atoms with van der Waals surface area (Å²) in [6, 6.07) is 4.00. The van der Waals surface area contributed by atoms with Gasteiger partial charge in [0, 0.05) is 62.4 Å². The van der Waals surface area contributed by atoms with Gasteiger partial charge in [-0.1, -0.05) is 0 Å². The Labute approximate surface area is 134 Å². The molecule has 3 aliphatic rings. The fourth-order valence-electron chi connectivity index (χ4n) is 3.05. The number of hydrogen-bond acceptors (Lipinski definition) is 5. The van der Waals surface area contributed by atoms with Gasteiger partial charge < -0.3 is 15.1 Å². The minimum absolute atomic E-state index is 0.0787. The van der Waals surface area contributed by atoms with Crippen LogP contribution >= 0.6 is 0 Å². The lowest BCUT2D eigenvalue weighted by molar-refractivity contribution is -0.115. The molecule has 6 nitrogen and oxygen atoms in total. The quantitative estimate of drug-likeness (QED) is 0.897. The number of allylic oxidation sites excluding steroid dienone is 1. The van der Waals surface area contributed by atoms with Crippen LogP contribution in [0, 0.1) is 0 Å². The number of nitrogens with one attached hydrogen (secondary N) is 1. The molecule has 0 aromatic carbocycles. The highest BCUT2D eigenvalue weighted by atomic mass is 16.1. The Morgan fingerprint density at radius 2 is 2.17 bits per heavy atom. The van der Waals surface area contributed by atoms with Gasteiger partial charge in [-0.3, -0.25) is 4.79 Å². The van der Waals surface area contributed by atoms with E-state index in [1.54, 1.807) is 12.3 Å². The zero-order chi connectivity index (χ0) is 16.0. The molecule has 6 heteroatoms. The fraction of sp³-hybridized carbons (Fsp3) is 0.235. The number of carbonyl (C=O) groups is 1. The monoisotopic (exact) mass is 307 g/mol. The van der Waals surface area contributed by atoms with Crippen LogP contribution in [-0.2, 0) is 4.79 Å². The third-order valence-electron chi connectivity index (χ3n) is 4.15. The van der Waals surface area contributed by atoms with Crippen molar-refractivity contribution in [2.45, 2.75) is 6.42 Å². The van der Waals surface area contributed by atoms with E-state index in [-0.39, 0.29) is 5.91 Å². The van der Waals surface area contributed by atoms with E-state index in [4.69, 9.17) is 0 Å². The van der Waals surface area contributed by atoms with Crippen LogP contribution in [0.25, 0.3) is 0 Å². The number of carbonyl (C=O) groups excluding carboxylic acids is 1. The maximum absolute atomic E-state index is 11.8. The first-order valence-corrected chi connectivity index (χ1v) is 7.55. The normalized spacial score (nSPS) is 19.0. The Bertz CT molecular complexity index is 816. The lowest BCUT2D eigenvalue weighted by Gasteiger charge is -2.28. The molecule has 0 spiro atoms. The van der Waals surface area contributed by atoms with E-state index in [2.05, 4.69) is 20.2 Å². The van der Waals surface area contributed by atoms with Gasteiger partial charge in [0.05, 0.1) is 5.70 Å². The van der Waals surface area contributed by atoms with E-state index in [0.717, 1.165) is 47.1 Å². The molecule has 116 valence electrons. The molecule has 0 saturated carbocycles. The number of amidine groups is 1. The van der Waals surface area contributed by atoms with E-state index >= 15 is 0 Å². The minimum atomic E-state index is -0.0787. The molecule has 1 aromatic heterocycles. The molecule has 0 radical (unpaired) electrons. The molecular weight excluding hydrogens is 290 g/mol. The van der Waals surface area contributed by atoms with Crippen molar-refractivity contribution in [3.63, 3.8) is 0 Å². The minimum Gasteiger partial charge on any atom is -0.363 e. The summed E-state index contributed by atoms with van der Waals surface area (Å²) in [5, 5.41) is 2.97. The summed E-state index contributed by atoms with van der Waals surface area (Å²) in [5.41, 5.74) is 4.02. The van der Waals surface area contributed by atoms with E-state index in [1.807, 2.05) is 43.4 Å². The lowest BCUT2D eigenvalue weighted by atomic mass is 10.1. The number of amides is 1. The Hall–Kier alpha value is -2.89. The predicted molar refractivity (Wildman–Crippen MR) is 88.8 cm³/mol. The second-order valence-electron chi connectivity index (χ2n) is 5.89. The topological polar surface area (TPSA) is 60.8 Å². The molecule has 0 aliphatic carbocycles. The highest BCUT2D eigenvalue weighted by Crippen LogP contribution is 2.34. The van der Waals surface area contributed by atoms with Crippen LogP contribution in [-0.4, -0.2) is 42.3 Å². The molecular formula is C17H17N5O. The van der Waals surface area contributed by atoms with Crippen molar-refractivity contribution in [3.05, 3.63) is 59.2 Å². The molecule has 0 atom stereocenters. The van der Waals surface area contributed by atoms with Gasteiger partial charge in [-0.15, -0.1) is 0 Å². The predicted octanol–water partition coefficient (Wildman–Crippen LogP) is 1.40. The largest absolute Gasteiger partial charge is 0.363 e. The van der Waals surface area contributed by atoms with Crippen LogP contribution in [0.1, 0.15) is 12.0 Å². The molecule has 1 amide bonds. The first-order valence-electron chi connectivity index (χ1n) is 7.55. The third kappa shape index (κ3) is 2.23. The molecule has 4 rings (SSSR count). The molecule has 0 unspecified atom stereocenters. The maximum atomic E-state index is 11.8. The average molecular weight is 307 g/mol. The standard InChI is InChI=1S/C17H17N5O/c1-21(2)14-9-11(5-7-18-14)17-19-10-12-3-4-15(23)20-13-6-8-22(17)16(12)13/h3-5,7,9-10H,6,8H2,1-2H3,(H,20,23).